The maximum Gasteiger partial charge on any atom is 0.241 e. The number of rotatable bonds is 4. The summed E-state index contributed by atoms with van der Waals surface area (Å²) in [6, 6.07) is 2.54. The Morgan fingerprint density at radius 3 is 2.83 bits per heavy atom. The molecule has 1 unspecified atom stereocenters. The van der Waals surface area contributed by atoms with Gasteiger partial charge in [-0.05, 0) is 36.6 Å². The quantitative estimate of drug-likeness (QED) is 0.895. The zero-order valence-electron chi connectivity index (χ0n) is 13.1. The van der Waals surface area contributed by atoms with Gasteiger partial charge >= 0.3 is 0 Å². The fourth-order valence-electron chi connectivity index (χ4n) is 2.61. The van der Waals surface area contributed by atoms with Crippen LogP contribution < -0.4 is 5.73 Å². The van der Waals surface area contributed by atoms with Crippen molar-refractivity contribution in [2.75, 3.05) is 26.7 Å². The van der Waals surface area contributed by atoms with E-state index in [4.69, 9.17) is 5.73 Å². The fourth-order valence-corrected chi connectivity index (χ4v) is 2.61. The van der Waals surface area contributed by atoms with Crippen molar-refractivity contribution >= 4 is 11.8 Å². The van der Waals surface area contributed by atoms with Crippen LogP contribution in [-0.4, -0.2) is 54.3 Å². The van der Waals surface area contributed by atoms with Crippen LogP contribution in [0.25, 0.3) is 0 Å². The highest BCUT2D eigenvalue weighted by Crippen LogP contribution is 2.13. The van der Waals surface area contributed by atoms with Crippen molar-refractivity contribution in [1.82, 2.24) is 9.80 Å². The molecule has 0 spiro atoms. The van der Waals surface area contributed by atoms with Gasteiger partial charge in [-0.1, -0.05) is 0 Å². The van der Waals surface area contributed by atoms with Gasteiger partial charge in [-0.25, -0.2) is 8.78 Å². The third-order valence-corrected chi connectivity index (χ3v) is 3.95. The molecule has 0 radical (unpaired) electrons. The maximum absolute atomic E-state index is 13.6. The minimum Gasteiger partial charge on any atom is -0.344 e. The maximum atomic E-state index is 13.6. The number of hydrogen-bond donors (Lipinski definition) is 1. The minimum atomic E-state index is -0.630. The summed E-state index contributed by atoms with van der Waals surface area (Å²) in [5.41, 5.74) is 6.05. The second-order valence-electron chi connectivity index (χ2n) is 5.89. The highest BCUT2D eigenvalue weighted by Gasteiger charge is 2.24. The Kier molecular flexibility index (Phi) is 5.65. The van der Waals surface area contributed by atoms with Crippen molar-refractivity contribution in [2.24, 2.45) is 5.73 Å². The number of amides is 2. The normalized spacial score (nSPS) is 17.1. The lowest BCUT2D eigenvalue weighted by Crippen LogP contribution is -2.40. The summed E-state index contributed by atoms with van der Waals surface area (Å²) >= 11 is 0. The predicted octanol–water partition coefficient (Wildman–Crippen LogP) is 0.915. The summed E-state index contributed by atoms with van der Waals surface area (Å²) in [5.74, 6) is -1.43. The van der Waals surface area contributed by atoms with Crippen molar-refractivity contribution in [2.45, 2.75) is 25.3 Å². The van der Waals surface area contributed by atoms with E-state index in [1.807, 2.05) is 0 Å². The van der Waals surface area contributed by atoms with E-state index in [2.05, 4.69) is 0 Å². The van der Waals surface area contributed by atoms with Crippen molar-refractivity contribution in [3.63, 3.8) is 0 Å². The first-order valence-electron chi connectivity index (χ1n) is 7.58. The zero-order chi connectivity index (χ0) is 17.0. The lowest BCUT2D eigenvalue weighted by molar-refractivity contribution is -0.138. The molecule has 2 rings (SSSR count). The molecule has 23 heavy (non-hydrogen) atoms. The Bertz CT molecular complexity index is 595. The van der Waals surface area contributed by atoms with Crippen LogP contribution in [0.15, 0.2) is 18.2 Å². The number of halogens is 2. The number of nitrogens with zero attached hydrogens (tertiary/aromatic N) is 2. The van der Waals surface area contributed by atoms with Crippen LogP contribution in [0.1, 0.15) is 18.4 Å². The van der Waals surface area contributed by atoms with Gasteiger partial charge in [-0.15, -0.1) is 0 Å². The molecule has 5 nitrogen and oxygen atoms in total. The molecular formula is C16H21F2N3O2. The van der Waals surface area contributed by atoms with E-state index in [1.54, 1.807) is 11.9 Å². The number of hydrogen-bond acceptors (Lipinski definition) is 3. The van der Waals surface area contributed by atoms with Crippen LogP contribution in [0, 0.1) is 11.6 Å². The third-order valence-electron chi connectivity index (χ3n) is 3.95. The number of nitrogens with two attached hydrogens (primary N) is 1. The van der Waals surface area contributed by atoms with E-state index in [-0.39, 0.29) is 36.8 Å². The van der Waals surface area contributed by atoms with Gasteiger partial charge < -0.3 is 15.5 Å². The summed E-state index contributed by atoms with van der Waals surface area (Å²) in [6.45, 7) is 1.15. The van der Waals surface area contributed by atoms with Gasteiger partial charge in [0.1, 0.15) is 11.6 Å². The molecule has 0 aromatic heterocycles. The molecule has 1 aliphatic heterocycles. The molecule has 1 fully saturated rings. The summed E-state index contributed by atoms with van der Waals surface area (Å²) in [4.78, 5) is 27.1. The molecule has 1 aromatic rings. The first-order valence-corrected chi connectivity index (χ1v) is 7.58. The molecular weight excluding hydrogens is 304 g/mol. The third kappa shape index (κ3) is 4.72. The Morgan fingerprint density at radius 1 is 1.35 bits per heavy atom. The Labute approximate surface area is 134 Å². The van der Waals surface area contributed by atoms with Crippen LogP contribution in [0.2, 0.25) is 0 Å². The lowest BCUT2D eigenvalue weighted by Gasteiger charge is -2.22. The summed E-state index contributed by atoms with van der Waals surface area (Å²) in [6.07, 6.45) is 0.770. The SMILES string of the molecule is CN1CCCN(C(=O)CC(N)Cc2cc(F)ccc2F)CC1=O. The molecule has 0 saturated carbocycles. The number of benzene rings is 1. The van der Waals surface area contributed by atoms with E-state index in [1.165, 1.54) is 4.90 Å². The highest BCUT2D eigenvalue weighted by molar-refractivity contribution is 5.85. The topological polar surface area (TPSA) is 66.6 Å². The molecule has 2 N–H and O–H groups in total. The van der Waals surface area contributed by atoms with Crippen LogP contribution in [0.5, 0.6) is 0 Å². The van der Waals surface area contributed by atoms with Gasteiger partial charge in [0.25, 0.3) is 0 Å². The Hall–Kier alpha value is -2.02. The molecule has 0 bridgehead atoms. The minimum absolute atomic E-state index is 0.00700. The van der Waals surface area contributed by atoms with Crippen molar-refractivity contribution < 1.29 is 18.4 Å². The fraction of sp³-hybridized carbons (Fsp3) is 0.500. The van der Waals surface area contributed by atoms with Gasteiger partial charge in [0.15, 0.2) is 0 Å². The van der Waals surface area contributed by atoms with E-state index in [9.17, 15) is 18.4 Å². The standard InChI is InChI=1S/C16H21F2N3O2/c1-20-5-2-6-21(10-16(20)23)15(22)9-13(19)8-11-7-12(17)3-4-14(11)18/h3-4,7,13H,2,5-6,8-10,19H2,1H3. The Balaban J connectivity index is 1.94. The second kappa shape index (κ2) is 7.50. The molecule has 1 aliphatic rings. The van der Waals surface area contributed by atoms with E-state index < -0.39 is 17.7 Å². The molecule has 126 valence electrons. The average molecular weight is 325 g/mol. The molecule has 1 saturated heterocycles. The van der Waals surface area contributed by atoms with Gasteiger partial charge in [0.05, 0.1) is 6.54 Å². The average Bonchev–Trinajstić information content (AvgIpc) is 2.65. The zero-order valence-corrected chi connectivity index (χ0v) is 13.1. The van der Waals surface area contributed by atoms with E-state index in [0.29, 0.717) is 19.5 Å². The number of carbonyl (C=O) groups is 2. The smallest absolute Gasteiger partial charge is 0.241 e. The lowest BCUT2D eigenvalue weighted by atomic mass is 10.0. The van der Waals surface area contributed by atoms with Crippen LogP contribution in [0.3, 0.4) is 0 Å². The van der Waals surface area contributed by atoms with Gasteiger partial charge in [-0.3, -0.25) is 9.59 Å². The summed E-state index contributed by atoms with van der Waals surface area (Å²) < 4.78 is 26.8. The van der Waals surface area contributed by atoms with E-state index in [0.717, 1.165) is 18.2 Å². The van der Waals surface area contributed by atoms with Crippen LogP contribution in [0.4, 0.5) is 8.78 Å². The molecule has 1 heterocycles. The van der Waals surface area contributed by atoms with Gasteiger partial charge in [0.2, 0.25) is 11.8 Å². The molecule has 0 aliphatic carbocycles. The first kappa shape index (κ1) is 17.3. The predicted molar refractivity (Wildman–Crippen MR) is 81.5 cm³/mol. The molecule has 7 heteroatoms. The van der Waals surface area contributed by atoms with Gasteiger partial charge in [0, 0.05) is 32.6 Å². The molecule has 2 amide bonds. The molecule has 1 atom stereocenters. The monoisotopic (exact) mass is 325 g/mol. The summed E-state index contributed by atoms with van der Waals surface area (Å²) in [5, 5.41) is 0. The highest BCUT2D eigenvalue weighted by atomic mass is 19.1. The summed E-state index contributed by atoms with van der Waals surface area (Å²) in [7, 11) is 1.70. The number of carbonyl (C=O) groups excluding carboxylic acids is 2. The van der Waals surface area contributed by atoms with Crippen LogP contribution >= 0.6 is 0 Å². The van der Waals surface area contributed by atoms with Gasteiger partial charge in [-0.2, -0.15) is 0 Å². The second-order valence-corrected chi connectivity index (χ2v) is 5.89. The van der Waals surface area contributed by atoms with E-state index >= 15 is 0 Å². The van der Waals surface area contributed by atoms with Crippen LogP contribution in [-0.2, 0) is 16.0 Å². The number of likely N-dealkylation sites (N-methyl/N-ethyl adjacent to an activating group) is 1. The van der Waals surface area contributed by atoms with Crippen molar-refractivity contribution in [3.8, 4) is 0 Å². The largest absolute Gasteiger partial charge is 0.344 e. The Morgan fingerprint density at radius 2 is 2.09 bits per heavy atom. The van der Waals surface area contributed by atoms with Crippen molar-refractivity contribution in [1.29, 1.82) is 0 Å². The first-order chi connectivity index (χ1) is 10.9. The molecule has 1 aromatic carbocycles. The van der Waals surface area contributed by atoms with Crippen molar-refractivity contribution in [3.05, 3.63) is 35.4 Å².